The monoisotopic (exact) mass is 555 g/mol. The molecular formula is C31H70N8. The van der Waals surface area contributed by atoms with E-state index in [4.69, 9.17) is 0 Å². The molecular weight excluding hydrogens is 484 g/mol. The summed E-state index contributed by atoms with van der Waals surface area (Å²) < 4.78 is 0. The number of nitrogens with zero attached hydrogens (tertiary/aromatic N) is 7. The van der Waals surface area contributed by atoms with Crippen molar-refractivity contribution in [3.05, 3.63) is 0 Å². The van der Waals surface area contributed by atoms with Gasteiger partial charge in [-0.3, -0.25) is 24.5 Å². The summed E-state index contributed by atoms with van der Waals surface area (Å²) in [6, 6.07) is 2.16. The minimum Gasteiger partial charge on any atom is -0.318 e. The predicted octanol–water partition coefficient (Wildman–Crippen LogP) is 2.23. The Morgan fingerprint density at radius 2 is 0.872 bits per heavy atom. The summed E-state index contributed by atoms with van der Waals surface area (Å²) in [6.07, 6.45) is 1.29. The molecule has 0 aromatic heterocycles. The summed E-state index contributed by atoms with van der Waals surface area (Å²) in [4.78, 5) is 17.6. The molecule has 39 heavy (non-hydrogen) atoms. The first-order chi connectivity index (χ1) is 18.6. The van der Waals surface area contributed by atoms with E-state index in [-0.39, 0.29) is 0 Å². The van der Waals surface area contributed by atoms with Crippen LogP contribution in [0.2, 0.25) is 0 Å². The Balaban J connectivity index is 0.000000293. The van der Waals surface area contributed by atoms with Crippen LogP contribution in [0.25, 0.3) is 0 Å². The Morgan fingerprint density at radius 3 is 1.15 bits per heavy atom. The highest BCUT2D eigenvalue weighted by Crippen LogP contribution is 2.07. The number of piperazine rings is 3. The topological polar surface area (TPSA) is 34.7 Å². The molecule has 1 N–H and O–H groups in total. The molecule has 8 heteroatoms. The highest BCUT2D eigenvalue weighted by Gasteiger charge is 2.19. The quantitative estimate of drug-likeness (QED) is 0.417. The Hall–Kier alpha value is -0.320. The van der Waals surface area contributed by atoms with Crippen LogP contribution < -0.4 is 5.32 Å². The van der Waals surface area contributed by atoms with Crippen LogP contribution in [0.5, 0.6) is 0 Å². The van der Waals surface area contributed by atoms with E-state index in [0.29, 0.717) is 12.1 Å². The summed E-state index contributed by atoms with van der Waals surface area (Å²) in [7, 11) is 6.30. The van der Waals surface area contributed by atoms with Crippen molar-refractivity contribution in [3.8, 4) is 0 Å². The molecule has 0 radical (unpaired) electrons. The maximum absolute atomic E-state index is 3.19. The Labute approximate surface area is 245 Å². The molecule has 0 atom stereocenters. The molecule has 0 aromatic carbocycles. The second kappa shape index (κ2) is 21.4. The third-order valence-corrected chi connectivity index (χ3v) is 8.49. The third-order valence-electron chi connectivity index (χ3n) is 8.49. The molecule has 3 aliphatic rings. The van der Waals surface area contributed by atoms with Gasteiger partial charge in [0.1, 0.15) is 0 Å². The van der Waals surface area contributed by atoms with Gasteiger partial charge >= 0.3 is 0 Å². The average Bonchev–Trinajstić information content (AvgIpc) is 2.92. The minimum atomic E-state index is 0.714. The summed E-state index contributed by atoms with van der Waals surface area (Å²) >= 11 is 0. The molecule has 0 unspecified atom stereocenters. The summed E-state index contributed by atoms with van der Waals surface area (Å²) in [5, 5.41) is 3.19. The Kier molecular flexibility index (Phi) is 20.1. The van der Waals surface area contributed by atoms with E-state index < -0.39 is 0 Å². The van der Waals surface area contributed by atoms with Crippen LogP contribution in [-0.2, 0) is 0 Å². The first-order valence-corrected chi connectivity index (χ1v) is 16.3. The normalized spacial score (nSPS) is 21.4. The standard InChI is InChI=1S/C11H25N3.C10H23N3.C10H22N2/c1-11(2)14-9-7-13(8-10-14)6-5-12(3)4;1-10(2)13-8-6-12(7-9-13)5-4-11-3;1-4-5-11-6-8-12(9-7-11)10(2)3/h11H,5-10H2,1-4H3;10-11H,4-9H2,1-3H3;10H,4-9H2,1-3H3. The van der Waals surface area contributed by atoms with Crippen LogP contribution in [-0.4, -0.2) is 185 Å². The first-order valence-electron chi connectivity index (χ1n) is 16.3. The fourth-order valence-corrected chi connectivity index (χ4v) is 5.44. The van der Waals surface area contributed by atoms with Crippen molar-refractivity contribution < 1.29 is 0 Å². The minimum absolute atomic E-state index is 0.714. The fraction of sp³-hybridized carbons (Fsp3) is 1.00. The zero-order valence-electron chi connectivity index (χ0n) is 28.1. The Bertz CT molecular complexity index is 547. The van der Waals surface area contributed by atoms with Gasteiger partial charge in [0, 0.05) is 123 Å². The zero-order chi connectivity index (χ0) is 29.2. The van der Waals surface area contributed by atoms with E-state index in [1.807, 2.05) is 7.05 Å². The van der Waals surface area contributed by atoms with Gasteiger partial charge in [0.2, 0.25) is 0 Å². The molecule has 8 nitrogen and oxygen atoms in total. The van der Waals surface area contributed by atoms with Gasteiger partial charge in [-0.15, -0.1) is 0 Å². The average molecular weight is 555 g/mol. The lowest BCUT2D eigenvalue weighted by atomic mass is 10.2. The number of hydrogen-bond acceptors (Lipinski definition) is 8. The van der Waals surface area contributed by atoms with E-state index in [1.54, 1.807) is 0 Å². The van der Waals surface area contributed by atoms with Crippen molar-refractivity contribution in [2.45, 2.75) is 73.0 Å². The fourth-order valence-electron chi connectivity index (χ4n) is 5.44. The van der Waals surface area contributed by atoms with Gasteiger partial charge in [0.05, 0.1) is 0 Å². The van der Waals surface area contributed by atoms with E-state index in [2.05, 4.69) is 102 Å². The van der Waals surface area contributed by atoms with Gasteiger partial charge in [-0.25, -0.2) is 0 Å². The summed E-state index contributed by atoms with van der Waals surface area (Å²) in [6.45, 7) is 36.9. The van der Waals surface area contributed by atoms with Crippen LogP contribution >= 0.6 is 0 Å². The van der Waals surface area contributed by atoms with E-state index >= 15 is 0 Å². The molecule has 234 valence electrons. The third kappa shape index (κ3) is 16.6. The van der Waals surface area contributed by atoms with Crippen LogP contribution in [0.3, 0.4) is 0 Å². The predicted molar refractivity (Wildman–Crippen MR) is 172 cm³/mol. The van der Waals surface area contributed by atoms with Crippen LogP contribution in [0.15, 0.2) is 0 Å². The van der Waals surface area contributed by atoms with Crippen molar-refractivity contribution in [2.75, 3.05) is 132 Å². The smallest absolute Gasteiger partial charge is 0.0113 e. The van der Waals surface area contributed by atoms with Crippen molar-refractivity contribution in [2.24, 2.45) is 0 Å². The molecule has 3 saturated heterocycles. The van der Waals surface area contributed by atoms with Crippen molar-refractivity contribution in [1.82, 2.24) is 39.6 Å². The molecule has 0 amide bonds. The number of nitrogens with one attached hydrogen (secondary N) is 1. The van der Waals surface area contributed by atoms with Gasteiger partial charge in [-0.1, -0.05) is 6.92 Å². The Morgan fingerprint density at radius 1 is 0.538 bits per heavy atom. The molecule has 3 rings (SSSR count). The van der Waals surface area contributed by atoms with E-state index in [1.165, 1.54) is 111 Å². The molecule has 3 aliphatic heterocycles. The zero-order valence-corrected chi connectivity index (χ0v) is 28.1. The lowest BCUT2D eigenvalue weighted by Crippen LogP contribution is -2.50. The molecule has 3 heterocycles. The molecule has 0 bridgehead atoms. The van der Waals surface area contributed by atoms with E-state index in [0.717, 1.165) is 12.6 Å². The van der Waals surface area contributed by atoms with Gasteiger partial charge < -0.3 is 15.1 Å². The molecule has 0 saturated carbocycles. The van der Waals surface area contributed by atoms with Gasteiger partial charge in [-0.05, 0) is 75.7 Å². The van der Waals surface area contributed by atoms with Gasteiger partial charge in [-0.2, -0.15) is 0 Å². The molecule has 3 fully saturated rings. The highest BCUT2D eigenvalue weighted by molar-refractivity contribution is 4.76. The summed E-state index contributed by atoms with van der Waals surface area (Å²) in [5.74, 6) is 0. The van der Waals surface area contributed by atoms with Crippen LogP contribution in [0.4, 0.5) is 0 Å². The maximum atomic E-state index is 3.19. The number of hydrogen-bond donors (Lipinski definition) is 1. The largest absolute Gasteiger partial charge is 0.318 e. The SMILES string of the molecule is CC(C)N1CCN(CCN(C)C)CC1.CCCN1CCN(C(C)C)CC1.CNCCN1CCN(C(C)C)CC1. The molecule has 0 aromatic rings. The van der Waals surface area contributed by atoms with Crippen molar-refractivity contribution in [3.63, 3.8) is 0 Å². The summed E-state index contributed by atoms with van der Waals surface area (Å²) in [5.41, 5.74) is 0. The number of likely N-dealkylation sites (N-methyl/N-ethyl adjacent to an activating group) is 2. The maximum Gasteiger partial charge on any atom is 0.0113 e. The van der Waals surface area contributed by atoms with Crippen molar-refractivity contribution >= 4 is 0 Å². The number of rotatable bonds is 11. The molecule has 0 spiro atoms. The van der Waals surface area contributed by atoms with E-state index in [9.17, 15) is 0 Å². The van der Waals surface area contributed by atoms with Crippen molar-refractivity contribution in [1.29, 1.82) is 0 Å². The second-order valence-electron chi connectivity index (χ2n) is 12.8. The molecule has 0 aliphatic carbocycles. The van der Waals surface area contributed by atoms with Crippen LogP contribution in [0.1, 0.15) is 54.9 Å². The lowest BCUT2D eigenvalue weighted by Gasteiger charge is -2.37. The second-order valence-corrected chi connectivity index (χ2v) is 12.8. The van der Waals surface area contributed by atoms with Gasteiger partial charge in [0.25, 0.3) is 0 Å². The van der Waals surface area contributed by atoms with Gasteiger partial charge in [0.15, 0.2) is 0 Å². The first kappa shape index (κ1) is 36.7. The highest BCUT2D eigenvalue weighted by atomic mass is 15.3. The lowest BCUT2D eigenvalue weighted by molar-refractivity contribution is 0.103. The van der Waals surface area contributed by atoms with Crippen LogP contribution in [0, 0.1) is 0 Å².